The zero-order chi connectivity index (χ0) is 30.7. The van der Waals surface area contributed by atoms with Crippen LogP contribution in [-0.4, -0.2) is 21.8 Å². The summed E-state index contributed by atoms with van der Waals surface area (Å²) in [7, 11) is 0. The Morgan fingerprint density at radius 2 is 0.762 bits per heavy atom. The van der Waals surface area contributed by atoms with Crippen molar-refractivity contribution in [3.8, 4) is 22.6 Å². The number of phenols is 2. The summed E-state index contributed by atoms with van der Waals surface area (Å²) in [5.74, 6) is -0.0104. The molecule has 2 aromatic rings. The molecule has 2 N–H and O–H groups in total. The molecule has 4 nitrogen and oxygen atoms in total. The second-order valence-electron chi connectivity index (χ2n) is 12.4. The summed E-state index contributed by atoms with van der Waals surface area (Å²) in [6, 6.07) is 7.20. The second-order valence-corrected chi connectivity index (χ2v) is 12.4. The summed E-state index contributed by atoms with van der Waals surface area (Å²) >= 11 is 0. The molecular formula is C38H58O4. The van der Waals surface area contributed by atoms with Gasteiger partial charge in [-0.15, -0.1) is 0 Å². The van der Waals surface area contributed by atoms with E-state index in [1.165, 1.54) is 77.0 Å². The molecule has 0 spiro atoms. The third-order valence-electron chi connectivity index (χ3n) is 8.55. The first-order valence-corrected chi connectivity index (χ1v) is 17.0. The molecule has 0 aliphatic heterocycles. The van der Waals surface area contributed by atoms with Crippen LogP contribution in [0.3, 0.4) is 0 Å². The van der Waals surface area contributed by atoms with Gasteiger partial charge in [0.25, 0.3) is 0 Å². The predicted octanol–water partition coefficient (Wildman–Crippen LogP) is 11.6. The van der Waals surface area contributed by atoms with Crippen LogP contribution in [0.1, 0.15) is 174 Å². The first-order valence-electron chi connectivity index (χ1n) is 17.0. The van der Waals surface area contributed by atoms with Crippen LogP contribution in [0.5, 0.6) is 11.5 Å². The molecule has 0 bridgehead atoms. The van der Waals surface area contributed by atoms with E-state index in [0.29, 0.717) is 35.1 Å². The Bertz CT molecular complexity index is 1010. The quantitative estimate of drug-likeness (QED) is 0.102. The fourth-order valence-corrected chi connectivity index (χ4v) is 5.78. The van der Waals surface area contributed by atoms with Gasteiger partial charge in [0, 0.05) is 12.8 Å². The molecule has 0 aromatic heterocycles. The molecule has 42 heavy (non-hydrogen) atoms. The standard InChI is InChI=1S/C38H58O4/c1-5-7-9-11-13-15-17-19-21-23-35(39)33-27-31(25-29(3)37(33)41)32-26-30(4)38(42)34(28-32)36(40)24-22-20-18-16-14-12-10-8-6-2/h25-28,41-42H,5-24H2,1-4H3. The van der Waals surface area contributed by atoms with Gasteiger partial charge in [-0.1, -0.05) is 117 Å². The van der Waals surface area contributed by atoms with Gasteiger partial charge in [0.05, 0.1) is 11.1 Å². The zero-order valence-electron chi connectivity index (χ0n) is 27.2. The van der Waals surface area contributed by atoms with Crippen molar-refractivity contribution in [1.82, 2.24) is 0 Å². The molecule has 0 atom stereocenters. The average molecular weight is 579 g/mol. The number of aryl methyl sites for hydroxylation is 2. The number of carbonyl (C=O) groups excluding carboxylic acids is 2. The maximum Gasteiger partial charge on any atom is 0.166 e. The lowest BCUT2D eigenvalue weighted by molar-refractivity contribution is 0.0968. The topological polar surface area (TPSA) is 74.6 Å². The van der Waals surface area contributed by atoms with Crippen molar-refractivity contribution >= 4 is 11.6 Å². The van der Waals surface area contributed by atoms with Gasteiger partial charge < -0.3 is 10.2 Å². The predicted molar refractivity (Wildman–Crippen MR) is 177 cm³/mol. The van der Waals surface area contributed by atoms with E-state index >= 15 is 0 Å². The van der Waals surface area contributed by atoms with Gasteiger partial charge in [0.1, 0.15) is 11.5 Å². The van der Waals surface area contributed by atoms with Crippen LogP contribution in [0.15, 0.2) is 24.3 Å². The minimum absolute atomic E-state index is 0.0387. The summed E-state index contributed by atoms with van der Waals surface area (Å²) in [5.41, 5.74) is 3.52. The van der Waals surface area contributed by atoms with Crippen LogP contribution >= 0.6 is 0 Å². The van der Waals surface area contributed by atoms with E-state index in [0.717, 1.165) is 49.7 Å². The number of hydrogen-bond donors (Lipinski definition) is 2. The van der Waals surface area contributed by atoms with Crippen molar-refractivity contribution in [1.29, 1.82) is 0 Å². The Kier molecular flexibility index (Phi) is 17.2. The molecule has 0 amide bonds. The highest BCUT2D eigenvalue weighted by atomic mass is 16.3. The van der Waals surface area contributed by atoms with Crippen LogP contribution in [0.25, 0.3) is 11.1 Å². The first-order chi connectivity index (χ1) is 20.3. The van der Waals surface area contributed by atoms with Crippen molar-refractivity contribution in [2.45, 2.75) is 156 Å². The lowest BCUT2D eigenvalue weighted by atomic mass is 9.92. The molecule has 0 aliphatic carbocycles. The number of Topliss-reactive ketones (excluding diaryl/α,β-unsaturated/α-hetero) is 2. The fourth-order valence-electron chi connectivity index (χ4n) is 5.78. The molecule has 0 saturated carbocycles. The van der Waals surface area contributed by atoms with Gasteiger partial charge in [-0.3, -0.25) is 9.59 Å². The second kappa shape index (κ2) is 20.3. The SMILES string of the molecule is CCCCCCCCCCCC(=O)c1cc(-c2cc(C)c(O)c(C(=O)CCCCCCCCCCC)c2)cc(C)c1O. The minimum Gasteiger partial charge on any atom is -0.507 e. The van der Waals surface area contributed by atoms with Crippen molar-refractivity contribution in [2.75, 3.05) is 0 Å². The Morgan fingerprint density at radius 3 is 1.07 bits per heavy atom. The molecular weight excluding hydrogens is 520 g/mol. The summed E-state index contributed by atoms with van der Waals surface area (Å²) in [6.07, 6.45) is 22.2. The number of phenolic OH excluding ortho intramolecular Hbond substituents is 2. The molecule has 0 unspecified atom stereocenters. The van der Waals surface area contributed by atoms with E-state index in [2.05, 4.69) is 13.8 Å². The van der Waals surface area contributed by atoms with Crippen molar-refractivity contribution in [2.24, 2.45) is 0 Å². The van der Waals surface area contributed by atoms with E-state index < -0.39 is 0 Å². The highest BCUT2D eigenvalue weighted by molar-refractivity contribution is 6.02. The Balaban J connectivity index is 1.98. The molecule has 0 heterocycles. The third-order valence-corrected chi connectivity index (χ3v) is 8.55. The molecule has 0 saturated heterocycles. The lowest BCUT2D eigenvalue weighted by Gasteiger charge is -2.14. The fraction of sp³-hybridized carbons (Fsp3) is 0.632. The average Bonchev–Trinajstić information content (AvgIpc) is 2.97. The number of benzene rings is 2. The highest BCUT2D eigenvalue weighted by Crippen LogP contribution is 2.35. The van der Waals surface area contributed by atoms with Crippen molar-refractivity contribution in [3.63, 3.8) is 0 Å². The molecule has 0 fully saturated rings. The Labute approximate surface area is 256 Å². The summed E-state index contributed by atoms with van der Waals surface area (Å²) in [4.78, 5) is 26.2. The highest BCUT2D eigenvalue weighted by Gasteiger charge is 2.19. The monoisotopic (exact) mass is 578 g/mol. The van der Waals surface area contributed by atoms with E-state index in [1.54, 1.807) is 26.0 Å². The molecule has 4 heteroatoms. The van der Waals surface area contributed by atoms with E-state index in [1.807, 2.05) is 12.1 Å². The smallest absolute Gasteiger partial charge is 0.166 e. The van der Waals surface area contributed by atoms with Crippen LogP contribution in [0.4, 0.5) is 0 Å². The normalized spacial score (nSPS) is 11.2. The Morgan fingerprint density at radius 1 is 0.476 bits per heavy atom. The minimum atomic E-state index is -0.0439. The maximum atomic E-state index is 13.1. The van der Waals surface area contributed by atoms with Gasteiger partial charge >= 0.3 is 0 Å². The molecule has 234 valence electrons. The van der Waals surface area contributed by atoms with Crippen LogP contribution < -0.4 is 0 Å². The van der Waals surface area contributed by atoms with Crippen LogP contribution in [0.2, 0.25) is 0 Å². The summed E-state index contributed by atoms with van der Waals surface area (Å²) < 4.78 is 0. The van der Waals surface area contributed by atoms with Gasteiger partial charge in [0.15, 0.2) is 11.6 Å². The van der Waals surface area contributed by atoms with Gasteiger partial charge in [-0.05, 0) is 73.2 Å². The third kappa shape index (κ3) is 12.3. The summed E-state index contributed by atoms with van der Waals surface area (Å²) in [6.45, 7) is 8.07. The van der Waals surface area contributed by atoms with Gasteiger partial charge in [0.2, 0.25) is 0 Å². The lowest BCUT2D eigenvalue weighted by Crippen LogP contribution is -2.03. The molecule has 0 radical (unpaired) electrons. The number of unbranched alkanes of at least 4 members (excludes halogenated alkanes) is 16. The molecule has 2 aromatic carbocycles. The maximum absolute atomic E-state index is 13.1. The van der Waals surface area contributed by atoms with Crippen LogP contribution in [-0.2, 0) is 0 Å². The van der Waals surface area contributed by atoms with E-state index in [-0.39, 0.29) is 23.1 Å². The number of ketones is 2. The molecule has 2 rings (SSSR count). The first kappa shape index (κ1) is 35.6. The van der Waals surface area contributed by atoms with E-state index in [9.17, 15) is 19.8 Å². The van der Waals surface area contributed by atoms with Crippen LogP contribution in [0, 0.1) is 13.8 Å². The Hall–Kier alpha value is -2.62. The largest absolute Gasteiger partial charge is 0.507 e. The number of rotatable bonds is 23. The van der Waals surface area contributed by atoms with Gasteiger partial charge in [-0.2, -0.15) is 0 Å². The van der Waals surface area contributed by atoms with Gasteiger partial charge in [-0.25, -0.2) is 0 Å². The van der Waals surface area contributed by atoms with Crippen molar-refractivity contribution < 1.29 is 19.8 Å². The van der Waals surface area contributed by atoms with E-state index in [4.69, 9.17) is 0 Å². The number of aromatic hydroxyl groups is 2. The molecule has 0 aliphatic rings. The van der Waals surface area contributed by atoms with Crippen molar-refractivity contribution in [3.05, 3.63) is 46.5 Å². The number of carbonyl (C=O) groups is 2. The zero-order valence-corrected chi connectivity index (χ0v) is 27.2. The summed E-state index contributed by atoms with van der Waals surface area (Å²) in [5, 5.41) is 21.4. The number of hydrogen-bond acceptors (Lipinski definition) is 4.